The summed E-state index contributed by atoms with van der Waals surface area (Å²) in [6, 6.07) is 1.72. The highest BCUT2D eigenvalue weighted by molar-refractivity contribution is 7.09. The fraction of sp³-hybridized carbons (Fsp3) is 0.562. The van der Waals surface area contributed by atoms with Crippen LogP contribution >= 0.6 is 11.3 Å². The van der Waals surface area contributed by atoms with Crippen molar-refractivity contribution in [1.29, 1.82) is 0 Å². The SMILES string of the molecule is O=C(NCc1ccon1)C1CC2(CO1)CN(Cc1nccs1)CCO2. The molecule has 2 atom stereocenters. The van der Waals surface area contributed by atoms with Gasteiger partial charge >= 0.3 is 0 Å². The maximum absolute atomic E-state index is 12.3. The molecule has 4 heterocycles. The van der Waals surface area contributed by atoms with Gasteiger partial charge in [0, 0.05) is 37.2 Å². The van der Waals surface area contributed by atoms with Crippen LogP contribution in [0.15, 0.2) is 28.4 Å². The lowest BCUT2D eigenvalue weighted by atomic mass is 9.97. The zero-order valence-corrected chi connectivity index (χ0v) is 14.5. The molecule has 2 fully saturated rings. The third-order valence-electron chi connectivity index (χ3n) is 4.50. The van der Waals surface area contributed by atoms with Crippen LogP contribution in [-0.4, -0.2) is 59.0 Å². The first-order valence-electron chi connectivity index (χ1n) is 8.26. The maximum Gasteiger partial charge on any atom is 0.249 e. The lowest BCUT2D eigenvalue weighted by Crippen LogP contribution is -2.52. The van der Waals surface area contributed by atoms with Crippen LogP contribution < -0.4 is 5.32 Å². The molecule has 2 aromatic rings. The van der Waals surface area contributed by atoms with Crippen molar-refractivity contribution in [3.63, 3.8) is 0 Å². The largest absolute Gasteiger partial charge is 0.370 e. The number of carbonyl (C=O) groups is 1. The molecule has 2 aliphatic heterocycles. The van der Waals surface area contributed by atoms with Crippen molar-refractivity contribution in [3.05, 3.63) is 34.6 Å². The van der Waals surface area contributed by atoms with Crippen LogP contribution in [0.2, 0.25) is 0 Å². The Labute approximate surface area is 149 Å². The predicted molar refractivity (Wildman–Crippen MR) is 88.8 cm³/mol. The zero-order chi connectivity index (χ0) is 17.1. The van der Waals surface area contributed by atoms with E-state index in [1.807, 2.05) is 11.6 Å². The molecule has 0 bridgehead atoms. The standard InChI is InChI=1S/C16H20N4O4S/c21-15(18-8-12-1-4-24-19-12)13-7-16(11-22-13)10-20(3-5-23-16)9-14-17-2-6-25-14/h1-2,4,6,13H,3,5,7-11H2,(H,18,21). The number of rotatable bonds is 5. The monoisotopic (exact) mass is 364 g/mol. The molecule has 2 unspecified atom stereocenters. The highest BCUT2D eigenvalue weighted by Crippen LogP contribution is 2.32. The molecular formula is C16H20N4O4S. The number of amides is 1. The summed E-state index contributed by atoms with van der Waals surface area (Å²) in [4.78, 5) is 19.0. The minimum absolute atomic E-state index is 0.138. The maximum atomic E-state index is 12.3. The van der Waals surface area contributed by atoms with Crippen LogP contribution in [0.25, 0.3) is 0 Å². The third-order valence-corrected chi connectivity index (χ3v) is 5.27. The van der Waals surface area contributed by atoms with E-state index in [9.17, 15) is 4.79 Å². The zero-order valence-electron chi connectivity index (χ0n) is 13.7. The molecule has 8 nitrogen and oxygen atoms in total. The van der Waals surface area contributed by atoms with Gasteiger partial charge in [0.1, 0.15) is 28.7 Å². The van der Waals surface area contributed by atoms with Crippen molar-refractivity contribution >= 4 is 17.2 Å². The van der Waals surface area contributed by atoms with Gasteiger partial charge in [0.25, 0.3) is 0 Å². The Morgan fingerprint density at radius 3 is 3.28 bits per heavy atom. The van der Waals surface area contributed by atoms with Crippen molar-refractivity contribution in [3.8, 4) is 0 Å². The molecule has 0 radical (unpaired) electrons. The summed E-state index contributed by atoms with van der Waals surface area (Å²) in [5.74, 6) is -0.138. The van der Waals surface area contributed by atoms with Crippen LogP contribution in [0.5, 0.6) is 0 Å². The normalized spacial score (nSPS) is 27.0. The van der Waals surface area contributed by atoms with Gasteiger partial charge in [-0.25, -0.2) is 4.98 Å². The Balaban J connectivity index is 1.31. The Hall–Kier alpha value is -1.81. The average Bonchev–Trinajstić information content (AvgIpc) is 3.35. The second-order valence-electron chi connectivity index (χ2n) is 6.38. The van der Waals surface area contributed by atoms with E-state index in [0.717, 1.165) is 24.6 Å². The van der Waals surface area contributed by atoms with Gasteiger partial charge in [-0.05, 0) is 0 Å². The molecule has 1 amide bonds. The first-order valence-corrected chi connectivity index (χ1v) is 9.14. The number of hydrogen-bond donors (Lipinski definition) is 1. The van der Waals surface area contributed by atoms with E-state index in [0.29, 0.717) is 31.9 Å². The molecule has 1 spiro atoms. The molecule has 9 heteroatoms. The summed E-state index contributed by atoms with van der Waals surface area (Å²) < 4.78 is 16.5. The highest BCUT2D eigenvalue weighted by Gasteiger charge is 2.46. The molecule has 0 saturated carbocycles. The second kappa shape index (κ2) is 7.20. The summed E-state index contributed by atoms with van der Waals surface area (Å²) in [7, 11) is 0. The lowest BCUT2D eigenvalue weighted by Gasteiger charge is -2.39. The van der Waals surface area contributed by atoms with E-state index in [2.05, 4.69) is 20.4 Å². The predicted octanol–water partition coefficient (Wildman–Crippen LogP) is 0.807. The summed E-state index contributed by atoms with van der Waals surface area (Å²) in [5, 5.41) is 9.69. The number of thiazole rings is 1. The molecular weight excluding hydrogens is 344 g/mol. The number of nitrogens with one attached hydrogen (secondary N) is 1. The first-order chi connectivity index (χ1) is 12.2. The van der Waals surface area contributed by atoms with Gasteiger partial charge in [0.2, 0.25) is 5.91 Å². The van der Waals surface area contributed by atoms with Crippen LogP contribution in [0.1, 0.15) is 17.1 Å². The lowest BCUT2D eigenvalue weighted by molar-refractivity contribution is -0.130. The van der Waals surface area contributed by atoms with E-state index < -0.39 is 11.7 Å². The second-order valence-corrected chi connectivity index (χ2v) is 7.36. The average molecular weight is 364 g/mol. The molecule has 2 aliphatic rings. The molecule has 0 aliphatic carbocycles. The third kappa shape index (κ3) is 3.90. The van der Waals surface area contributed by atoms with E-state index in [4.69, 9.17) is 14.0 Å². The van der Waals surface area contributed by atoms with Crippen molar-refractivity contribution in [1.82, 2.24) is 20.4 Å². The fourth-order valence-electron chi connectivity index (χ4n) is 3.29. The number of aromatic nitrogens is 2. The Morgan fingerprint density at radius 1 is 1.52 bits per heavy atom. The number of ether oxygens (including phenoxy) is 2. The van der Waals surface area contributed by atoms with Crippen LogP contribution in [0.3, 0.4) is 0 Å². The van der Waals surface area contributed by atoms with Gasteiger partial charge in [-0.3, -0.25) is 9.69 Å². The summed E-state index contributed by atoms with van der Waals surface area (Å²) in [5.41, 5.74) is 0.274. The van der Waals surface area contributed by atoms with E-state index in [1.165, 1.54) is 6.26 Å². The molecule has 0 aromatic carbocycles. The van der Waals surface area contributed by atoms with Crippen molar-refractivity contribution in [2.45, 2.75) is 31.2 Å². The molecule has 2 saturated heterocycles. The summed E-state index contributed by atoms with van der Waals surface area (Å²) in [6.45, 7) is 3.83. The topological polar surface area (TPSA) is 89.7 Å². The van der Waals surface area contributed by atoms with Gasteiger partial charge in [0.05, 0.1) is 26.3 Å². The smallest absolute Gasteiger partial charge is 0.249 e. The molecule has 2 aromatic heterocycles. The number of nitrogens with zero attached hydrogens (tertiary/aromatic N) is 3. The quantitative estimate of drug-likeness (QED) is 0.839. The Bertz CT molecular complexity index is 693. The van der Waals surface area contributed by atoms with E-state index in [1.54, 1.807) is 17.4 Å². The fourth-order valence-corrected chi connectivity index (χ4v) is 3.95. The molecule has 4 rings (SSSR count). The van der Waals surface area contributed by atoms with Crippen LogP contribution in [-0.2, 0) is 27.4 Å². The summed E-state index contributed by atoms with van der Waals surface area (Å²) in [6.07, 6.45) is 3.37. The molecule has 134 valence electrons. The minimum Gasteiger partial charge on any atom is -0.370 e. The first kappa shape index (κ1) is 16.6. The van der Waals surface area contributed by atoms with E-state index >= 15 is 0 Å². The van der Waals surface area contributed by atoms with Gasteiger partial charge in [-0.2, -0.15) is 0 Å². The number of carbonyl (C=O) groups excluding carboxylic acids is 1. The van der Waals surface area contributed by atoms with E-state index in [-0.39, 0.29) is 5.91 Å². The molecule has 1 N–H and O–H groups in total. The van der Waals surface area contributed by atoms with Gasteiger partial charge in [-0.1, -0.05) is 5.16 Å². The van der Waals surface area contributed by atoms with Crippen molar-refractivity contribution < 1.29 is 18.8 Å². The summed E-state index contributed by atoms with van der Waals surface area (Å²) >= 11 is 1.66. The van der Waals surface area contributed by atoms with Gasteiger partial charge < -0.3 is 19.3 Å². The van der Waals surface area contributed by atoms with Gasteiger partial charge in [-0.15, -0.1) is 11.3 Å². The van der Waals surface area contributed by atoms with Crippen LogP contribution in [0.4, 0.5) is 0 Å². The minimum atomic E-state index is -0.494. The Kier molecular flexibility index (Phi) is 4.80. The highest BCUT2D eigenvalue weighted by atomic mass is 32.1. The van der Waals surface area contributed by atoms with Crippen molar-refractivity contribution in [2.75, 3.05) is 26.3 Å². The number of hydrogen-bond acceptors (Lipinski definition) is 8. The van der Waals surface area contributed by atoms with Crippen molar-refractivity contribution in [2.24, 2.45) is 0 Å². The molecule has 25 heavy (non-hydrogen) atoms. The number of morpholine rings is 1. The van der Waals surface area contributed by atoms with Gasteiger partial charge in [0.15, 0.2) is 0 Å². The Morgan fingerprint density at radius 2 is 2.48 bits per heavy atom. The van der Waals surface area contributed by atoms with Crippen LogP contribution in [0, 0.1) is 0 Å².